The predicted molar refractivity (Wildman–Crippen MR) is 84.7 cm³/mol. The molecule has 0 bridgehead atoms. The summed E-state index contributed by atoms with van der Waals surface area (Å²) in [5.41, 5.74) is 1.11. The molecule has 0 spiro atoms. The predicted octanol–water partition coefficient (Wildman–Crippen LogP) is 3.13. The van der Waals surface area contributed by atoms with Crippen molar-refractivity contribution < 1.29 is 0 Å². The SMILES string of the molecule is c1cn(-c2nccnc2[C@H]2CCCN2C2CCCCC2)cn1. The Hall–Kier alpha value is -1.75. The van der Waals surface area contributed by atoms with Gasteiger partial charge in [0.15, 0.2) is 5.82 Å². The van der Waals surface area contributed by atoms with Gasteiger partial charge in [0.05, 0.1) is 6.04 Å². The molecule has 2 aromatic rings. The monoisotopic (exact) mass is 297 g/mol. The molecule has 1 atom stereocenters. The van der Waals surface area contributed by atoms with E-state index in [-0.39, 0.29) is 0 Å². The first-order chi connectivity index (χ1) is 10.9. The molecule has 0 N–H and O–H groups in total. The molecular formula is C17H23N5. The van der Waals surface area contributed by atoms with E-state index >= 15 is 0 Å². The van der Waals surface area contributed by atoms with E-state index in [0.717, 1.165) is 17.6 Å². The lowest BCUT2D eigenvalue weighted by Gasteiger charge is -2.35. The van der Waals surface area contributed by atoms with Crippen molar-refractivity contribution in [2.75, 3.05) is 6.54 Å². The number of rotatable bonds is 3. The molecule has 4 rings (SSSR count). The van der Waals surface area contributed by atoms with Gasteiger partial charge in [-0.1, -0.05) is 19.3 Å². The van der Waals surface area contributed by atoms with E-state index in [2.05, 4.69) is 14.9 Å². The molecule has 5 nitrogen and oxygen atoms in total. The first-order valence-electron chi connectivity index (χ1n) is 8.48. The molecule has 0 aromatic carbocycles. The molecule has 0 radical (unpaired) electrons. The van der Waals surface area contributed by atoms with Gasteiger partial charge in [-0.2, -0.15) is 0 Å². The number of nitrogens with zero attached hydrogens (tertiary/aromatic N) is 5. The highest BCUT2D eigenvalue weighted by Gasteiger charge is 2.34. The van der Waals surface area contributed by atoms with Crippen molar-refractivity contribution in [2.45, 2.75) is 57.0 Å². The first kappa shape index (κ1) is 13.9. The summed E-state index contributed by atoms with van der Waals surface area (Å²) in [6, 6.07) is 1.15. The Balaban J connectivity index is 1.66. The van der Waals surface area contributed by atoms with Gasteiger partial charge in [-0.3, -0.25) is 14.5 Å². The summed E-state index contributed by atoms with van der Waals surface area (Å²) in [4.78, 5) is 16.1. The van der Waals surface area contributed by atoms with Gasteiger partial charge < -0.3 is 0 Å². The Bertz CT molecular complexity index is 603. The van der Waals surface area contributed by atoms with Crippen LogP contribution in [-0.2, 0) is 0 Å². The van der Waals surface area contributed by atoms with E-state index in [1.54, 1.807) is 12.4 Å². The molecule has 2 fully saturated rings. The number of likely N-dealkylation sites (tertiary alicyclic amines) is 1. The molecule has 2 aliphatic rings. The lowest BCUT2D eigenvalue weighted by atomic mass is 9.93. The largest absolute Gasteiger partial charge is 0.292 e. The molecule has 0 unspecified atom stereocenters. The lowest BCUT2D eigenvalue weighted by Crippen LogP contribution is -2.37. The molecule has 22 heavy (non-hydrogen) atoms. The Labute approximate surface area is 131 Å². The molecule has 1 saturated heterocycles. The molecule has 1 aliphatic carbocycles. The third-order valence-corrected chi connectivity index (χ3v) is 5.11. The minimum Gasteiger partial charge on any atom is -0.292 e. The van der Waals surface area contributed by atoms with Crippen LogP contribution in [0.3, 0.4) is 0 Å². The highest BCUT2D eigenvalue weighted by Crippen LogP contribution is 2.38. The van der Waals surface area contributed by atoms with Crippen molar-refractivity contribution in [3.8, 4) is 5.82 Å². The molecule has 3 heterocycles. The second-order valence-electron chi connectivity index (χ2n) is 6.42. The summed E-state index contributed by atoms with van der Waals surface area (Å²) in [7, 11) is 0. The average molecular weight is 297 g/mol. The summed E-state index contributed by atoms with van der Waals surface area (Å²) >= 11 is 0. The van der Waals surface area contributed by atoms with Gasteiger partial charge in [-0.15, -0.1) is 0 Å². The van der Waals surface area contributed by atoms with E-state index in [9.17, 15) is 0 Å². The smallest absolute Gasteiger partial charge is 0.161 e. The summed E-state index contributed by atoms with van der Waals surface area (Å²) in [5, 5.41) is 0. The van der Waals surface area contributed by atoms with Crippen LogP contribution in [0.1, 0.15) is 56.7 Å². The number of hydrogen-bond donors (Lipinski definition) is 0. The fourth-order valence-electron chi connectivity index (χ4n) is 4.09. The fourth-order valence-corrected chi connectivity index (χ4v) is 4.09. The average Bonchev–Trinajstić information content (AvgIpc) is 3.27. The topological polar surface area (TPSA) is 46.8 Å². The van der Waals surface area contributed by atoms with Crippen LogP contribution < -0.4 is 0 Å². The van der Waals surface area contributed by atoms with Crippen LogP contribution in [0.5, 0.6) is 0 Å². The molecule has 1 saturated carbocycles. The van der Waals surface area contributed by atoms with Crippen LogP contribution in [0.2, 0.25) is 0 Å². The van der Waals surface area contributed by atoms with E-state index in [0.29, 0.717) is 6.04 Å². The van der Waals surface area contributed by atoms with Crippen molar-refractivity contribution >= 4 is 0 Å². The number of hydrogen-bond acceptors (Lipinski definition) is 4. The third-order valence-electron chi connectivity index (χ3n) is 5.11. The zero-order chi connectivity index (χ0) is 14.8. The Morgan fingerprint density at radius 2 is 1.77 bits per heavy atom. The minimum atomic E-state index is 0.411. The molecule has 116 valence electrons. The molecule has 1 aliphatic heterocycles. The van der Waals surface area contributed by atoms with E-state index in [4.69, 9.17) is 4.98 Å². The minimum absolute atomic E-state index is 0.411. The Morgan fingerprint density at radius 3 is 2.59 bits per heavy atom. The molecule has 5 heteroatoms. The zero-order valence-electron chi connectivity index (χ0n) is 12.9. The van der Waals surface area contributed by atoms with E-state index in [1.165, 1.54) is 51.5 Å². The van der Waals surface area contributed by atoms with Crippen LogP contribution in [0.25, 0.3) is 5.82 Å². The van der Waals surface area contributed by atoms with Crippen molar-refractivity contribution in [1.29, 1.82) is 0 Å². The number of imidazole rings is 1. The highest BCUT2D eigenvalue weighted by molar-refractivity contribution is 5.31. The maximum Gasteiger partial charge on any atom is 0.161 e. The van der Waals surface area contributed by atoms with Gasteiger partial charge in [-0.05, 0) is 32.2 Å². The summed E-state index contributed by atoms with van der Waals surface area (Å²) < 4.78 is 1.99. The quantitative estimate of drug-likeness (QED) is 0.873. The Morgan fingerprint density at radius 1 is 0.909 bits per heavy atom. The molecule has 2 aromatic heterocycles. The van der Waals surface area contributed by atoms with Gasteiger partial charge in [0, 0.05) is 30.8 Å². The van der Waals surface area contributed by atoms with Crippen molar-refractivity contribution in [2.24, 2.45) is 0 Å². The Kier molecular flexibility index (Phi) is 3.89. The molecule has 0 amide bonds. The first-order valence-corrected chi connectivity index (χ1v) is 8.48. The zero-order valence-corrected chi connectivity index (χ0v) is 12.9. The standard InChI is InChI=1S/C17H23N5/c1-2-5-14(6-3-1)22-11-4-7-15(22)16-17(20-9-8-19-16)21-12-10-18-13-21/h8-10,12-15H,1-7,11H2/t15-/m1/s1. The highest BCUT2D eigenvalue weighted by atomic mass is 15.2. The summed E-state index contributed by atoms with van der Waals surface area (Å²) in [5.74, 6) is 0.938. The van der Waals surface area contributed by atoms with E-state index in [1.807, 2.05) is 23.3 Å². The van der Waals surface area contributed by atoms with Crippen LogP contribution in [0, 0.1) is 0 Å². The van der Waals surface area contributed by atoms with Crippen molar-refractivity contribution in [3.63, 3.8) is 0 Å². The summed E-state index contributed by atoms with van der Waals surface area (Å²) in [6.07, 6.45) is 18.5. The van der Waals surface area contributed by atoms with Crippen LogP contribution in [0.15, 0.2) is 31.1 Å². The normalized spacial score (nSPS) is 23.9. The number of aromatic nitrogens is 4. The van der Waals surface area contributed by atoms with Crippen LogP contribution in [0.4, 0.5) is 0 Å². The van der Waals surface area contributed by atoms with Gasteiger partial charge >= 0.3 is 0 Å². The second-order valence-corrected chi connectivity index (χ2v) is 6.42. The van der Waals surface area contributed by atoms with E-state index < -0.39 is 0 Å². The van der Waals surface area contributed by atoms with Crippen LogP contribution >= 0.6 is 0 Å². The molecular weight excluding hydrogens is 274 g/mol. The summed E-state index contributed by atoms with van der Waals surface area (Å²) in [6.45, 7) is 1.20. The second kappa shape index (κ2) is 6.16. The lowest BCUT2D eigenvalue weighted by molar-refractivity contribution is 0.140. The maximum atomic E-state index is 4.71. The van der Waals surface area contributed by atoms with Gasteiger partial charge in [0.1, 0.15) is 12.0 Å². The third kappa shape index (κ3) is 2.54. The van der Waals surface area contributed by atoms with Crippen molar-refractivity contribution in [3.05, 3.63) is 36.8 Å². The van der Waals surface area contributed by atoms with Gasteiger partial charge in [0.2, 0.25) is 0 Å². The van der Waals surface area contributed by atoms with Crippen molar-refractivity contribution in [1.82, 2.24) is 24.4 Å². The maximum absolute atomic E-state index is 4.71. The van der Waals surface area contributed by atoms with Gasteiger partial charge in [0.25, 0.3) is 0 Å². The van der Waals surface area contributed by atoms with Gasteiger partial charge in [-0.25, -0.2) is 9.97 Å². The van der Waals surface area contributed by atoms with Crippen LogP contribution in [-0.4, -0.2) is 37.0 Å². The fraction of sp³-hybridized carbons (Fsp3) is 0.588.